The molecule has 0 aliphatic heterocycles. The van der Waals surface area contributed by atoms with Gasteiger partial charge in [-0.25, -0.2) is 18.3 Å². The van der Waals surface area contributed by atoms with Crippen LogP contribution in [0.25, 0.3) is 16.5 Å². The highest BCUT2D eigenvalue weighted by molar-refractivity contribution is 7.90. The molecular formula is C44H54ClN7O7S. The van der Waals surface area contributed by atoms with Crippen LogP contribution in [0.2, 0.25) is 5.02 Å². The molecule has 8 N–H and O–H groups in total. The highest BCUT2D eigenvalue weighted by Crippen LogP contribution is 2.43. The number of carbonyl (C=O) groups is 1. The summed E-state index contributed by atoms with van der Waals surface area (Å²) in [4.78, 5) is 14.6. The number of quaternary nitrogens is 1. The molecule has 4 aromatic carbocycles. The first-order valence-corrected chi connectivity index (χ1v) is 21.9. The second-order valence-corrected chi connectivity index (χ2v) is 17.9. The van der Waals surface area contributed by atoms with Gasteiger partial charge in [-0.15, -0.1) is 0 Å². The second kappa shape index (κ2) is 19.6. The first-order valence-electron chi connectivity index (χ1n) is 20.0. The molecule has 60 heavy (non-hydrogen) atoms. The molecule has 0 fully saturated rings. The summed E-state index contributed by atoms with van der Waals surface area (Å²) in [5.74, 6) is -0.402. The summed E-state index contributed by atoms with van der Waals surface area (Å²) in [5.41, 5.74) is 5.64. The Morgan fingerprint density at radius 1 is 0.933 bits per heavy atom. The first-order chi connectivity index (χ1) is 28.6. The number of aliphatic hydroxyl groups excluding tert-OH is 1. The van der Waals surface area contributed by atoms with Gasteiger partial charge >= 0.3 is 0 Å². The van der Waals surface area contributed by atoms with Crippen LogP contribution in [0, 0.1) is 10.6 Å². The van der Waals surface area contributed by atoms with Crippen molar-refractivity contribution in [2.24, 2.45) is 5.41 Å². The summed E-state index contributed by atoms with van der Waals surface area (Å²) in [5, 5.41) is 46.7. The van der Waals surface area contributed by atoms with Crippen molar-refractivity contribution in [1.82, 2.24) is 25.1 Å². The fourth-order valence-corrected chi connectivity index (χ4v) is 8.30. The highest BCUT2D eigenvalue weighted by atomic mass is 35.5. The molecule has 6 rings (SSSR count). The minimum Gasteiger partial charge on any atom is -0.593 e. The maximum absolute atomic E-state index is 13.8. The third-order valence-corrected chi connectivity index (χ3v) is 12.0. The maximum Gasteiger partial charge on any atom is 0.268 e. The Labute approximate surface area is 356 Å². The van der Waals surface area contributed by atoms with Crippen LogP contribution < -0.4 is 35.5 Å². The van der Waals surface area contributed by atoms with E-state index in [9.17, 15) is 23.6 Å². The normalized spacial score (nSPS) is 15.1. The number of halogens is 1. The molecule has 1 unspecified atom stereocenters. The van der Waals surface area contributed by atoms with Crippen molar-refractivity contribution in [1.29, 1.82) is 0 Å². The molecule has 1 aliphatic rings. The zero-order valence-corrected chi connectivity index (χ0v) is 35.7. The number of rotatable bonds is 20. The number of hydrogen-bond acceptors (Lipinski definition) is 11. The Kier molecular flexibility index (Phi) is 14.6. The molecule has 14 nitrogen and oxygen atoms in total. The summed E-state index contributed by atoms with van der Waals surface area (Å²) in [7, 11) is -3.59. The van der Waals surface area contributed by atoms with Gasteiger partial charge in [0, 0.05) is 72.7 Å². The van der Waals surface area contributed by atoms with Gasteiger partial charge in [0.05, 0.1) is 22.8 Å². The van der Waals surface area contributed by atoms with Gasteiger partial charge in [-0.1, -0.05) is 43.2 Å². The lowest BCUT2D eigenvalue weighted by Crippen LogP contribution is -2.35. The number of ether oxygens (including phenoxy) is 1. The smallest absolute Gasteiger partial charge is 0.268 e. The molecule has 0 bridgehead atoms. The molecule has 1 atom stereocenters. The van der Waals surface area contributed by atoms with Gasteiger partial charge in [-0.05, 0) is 109 Å². The number of H-pyrrole nitrogens is 1. The number of nitrogens with one attached hydrogen (secondary N) is 6. The predicted octanol–water partition coefficient (Wildman–Crippen LogP) is 7.61. The molecule has 1 aliphatic carbocycles. The molecule has 16 heteroatoms. The molecule has 1 heterocycles. The van der Waals surface area contributed by atoms with Crippen LogP contribution in [-0.2, 0) is 10.0 Å². The lowest BCUT2D eigenvalue weighted by atomic mass is 9.72. The Balaban J connectivity index is 1.16. The molecule has 0 saturated carbocycles. The number of aliphatic hydroxyl groups is 1. The molecule has 0 radical (unpaired) electrons. The number of aromatic nitrogens is 1. The number of aromatic amines is 1. The lowest BCUT2D eigenvalue weighted by molar-refractivity contribution is -0.00400. The summed E-state index contributed by atoms with van der Waals surface area (Å²) >= 11 is 6.19. The van der Waals surface area contributed by atoms with Gasteiger partial charge in [-0.2, -0.15) is 4.81 Å². The van der Waals surface area contributed by atoms with E-state index < -0.39 is 25.6 Å². The lowest BCUT2D eigenvalue weighted by Gasteiger charge is -2.34. The summed E-state index contributed by atoms with van der Waals surface area (Å²) in [6, 6.07) is 23.8. The summed E-state index contributed by atoms with van der Waals surface area (Å²) in [6.07, 6.45) is 5.54. The summed E-state index contributed by atoms with van der Waals surface area (Å²) in [6.45, 7) is 8.00. The Morgan fingerprint density at radius 2 is 1.73 bits per heavy atom. The number of amides is 1. The molecular weight excluding hydrogens is 806 g/mol. The number of allylic oxidation sites excluding steroid dienone is 1. The van der Waals surface area contributed by atoms with Crippen molar-refractivity contribution in [3.63, 3.8) is 0 Å². The van der Waals surface area contributed by atoms with E-state index >= 15 is 0 Å². The van der Waals surface area contributed by atoms with Crippen molar-refractivity contribution in [3.05, 3.63) is 118 Å². The molecule has 320 valence electrons. The number of benzene rings is 4. The zero-order valence-electron chi connectivity index (χ0n) is 34.1. The van der Waals surface area contributed by atoms with Gasteiger partial charge in [-0.3, -0.25) is 4.79 Å². The van der Waals surface area contributed by atoms with E-state index in [0.29, 0.717) is 55.6 Å². The van der Waals surface area contributed by atoms with E-state index in [4.69, 9.17) is 21.4 Å². The fourth-order valence-electron chi connectivity index (χ4n) is 7.19. The van der Waals surface area contributed by atoms with E-state index in [0.717, 1.165) is 49.8 Å². The zero-order chi connectivity index (χ0) is 42.9. The SMILES string of the molecule is CC1(C)CCC(CNCCNc2ccc(C(=O)NS(=O)(=O)c3ccc(NCCCNCCO)c([N+](C)([O-])O)c3)c(Oc3ccc4[nH]ccc4c3)c2)=C(c2ccc(Cl)cc2)C1. The topological polar surface area (TPSA) is 200 Å². The van der Waals surface area contributed by atoms with Crippen LogP contribution in [0.1, 0.15) is 55.5 Å². The Hall–Kier alpha value is -4.97. The third kappa shape index (κ3) is 11.9. The van der Waals surface area contributed by atoms with Gasteiger partial charge in [0.25, 0.3) is 15.9 Å². The quantitative estimate of drug-likeness (QED) is 0.0218. The van der Waals surface area contributed by atoms with Gasteiger partial charge in [0.2, 0.25) is 0 Å². The first kappa shape index (κ1) is 44.6. The van der Waals surface area contributed by atoms with Crippen molar-refractivity contribution in [2.45, 2.75) is 44.4 Å². The van der Waals surface area contributed by atoms with Crippen molar-refractivity contribution >= 4 is 61.1 Å². The highest BCUT2D eigenvalue weighted by Gasteiger charge is 2.28. The van der Waals surface area contributed by atoms with E-state index in [1.807, 2.05) is 30.3 Å². The standard InChI is InChI=1S/C44H54ClN7O7S/c1-44(2)17-15-32(38(28-44)30-5-7-33(45)8-6-30)29-47-21-22-48-34-9-12-37(42(26-34)59-35-10-13-39-31(25-35)16-20-50-39)43(54)51-60(57,58)36-11-14-40(41(27-36)52(3,55)56)49-19-4-18-46-23-24-53/h5-14,16,20,25-27,46-50,53,55H,4,15,17-19,21-24,28-29H2,1-3H3,(H,51,54). The van der Waals surface area contributed by atoms with E-state index in [1.54, 1.807) is 24.4 Å². The van der Waals surface area contributed by atoms with E-state index in [2.05, 4.69) is 57.0 Å². The predicted molar refractivity (Wildman–Crippen MR) is 239 cm³/mol. The second-order valence-electron chi connectivity index (χ2n) is 15.8. The van der Waals surface area contributed by atoms with Crippen LogP contribution >= 0.6 is 11.6 Å². The van der Waals surface area contributed by atoms with Crippen molar-refractivity contribution in [3.8, 4) is 11.5 Å². The van der Waals surface area contributed by atoms with Crippen molar-refractivity contribution < 1.29 is 28.3 Å². The van der Waals surface area contributed by atoms with Gasteiger partial charge in [0.1, 0.15) is 18.5 Å². The van der Waals surface area contributed by atoms with Crippen LogP contribution in [0.15, 0.2) is 102 Å². The van der Waals surface area contributed by atoms with E-state index in [1.165, 1.54) is 34.9 Å². The van der Waals surface area contributed by atoms with Gasteiger partial charge < -0.3 is 41.3 Å². The molecule has 0 spiro atoms. The largest absolute Gasteiger partial charge is 0.593 e. The Morgan fingerprint density at radius 3 is 2.50 bits per heavy atom. The van der Waals surface area contributed by atoms with E-state index in [-0.39, 0.29) is 34.7 Å². The van der Waals surface area contributed by atoms with Crippen LogP contribution in [-0.4, -0.2) is 82.5 Å². The molecule has 5 aromatic rings. The fraction of sp³-hybridized carbons (Fsp3) is 0.341. The number of hydrogen-bond donors (Lipinski definition) is 8. The molecule has 0 saturated heterocycles. The molecule has 1 aromatic heterocycles. The average Bonchev–Trinajstić information content (AvgIpc) is 3.67. The number of hydroxylamine groups is 2. The van der Waals surface area contributed by atoms with Crippen molar-refractivity contribution in [2.75, 3.05) is 63.6 Å². The maximum atomic E-state index is 13.8. The monoisotopic (exact) mass is 859 g/mol. The Bertz CT molecular complexity index is 2410. The van der Waals surface area contributed by atoms with Crippen LogP contribution in [0.4, 0.5) is 17.1 Å². The molecule has 1 amide bonds. The average molecular weight is 860 g/mol. The van der Waals surface area contributed by atoms with Crippen LogP contribution in [0.5, 0.6) is 11.5 Å². The summed E-state index contributed by atoms with van der Waals surface area (Å²) < 4.78 is 35.7. The number of fused-ring (bicyclic) bond motifs is 1. The third-order valence-electron chi connectivity index (χ3n) is 10.4. The number of anilines is 2. The number of carbonyl (C=O) groups excluding carboxylic acids is 1. The minimum absolute atomic E-state index is 0.00612. The number of sulfonamides is 1. The minimum atomic E-state index is -4.54. The number of nitrogens with zero attached hydrogens (tertiary/aromatic N) is 1. The van der Waals surface area contributed by atoms with Crippen LogP contribution in [0.3, 0.4) is 0 Å². The van der Waals surface area contributed by atoms with Gasteiger partial charge in [0.15, 0.2) is 5.69 Å².